The van der Waals surface area contributed by atoms with E-state index in [0.29, 0.717) is 5.88 Å². The molecule has 2 aromatic carbocycles. The third-order valence-electron chi connectivity index (χ3n) is 7.28. The van der Waals surface area contributed by atoms with Crippen LogP contribution in [0.1, 0.15) is 37.7 Å². The molecule has 1 aliphatic carbocycles. The third-order valence-corrected chi connectivity index (χ3v) is 7.28. The fraction of sp³-hybridized carbons (Fsp3) is 0.321. The molecule has 0 radical (unpaired) electrons. The van der Waals surface area contributed by atoms with E-state index in [0.717, 1.165) is 84.0 Å². The highest BCUT2D eigenvalue weighted by atomic mass is 16.5. The molecule has 1 saturated heterocycles. The highest BCUT2D eigenvalue weighted by Gasteiger charge is 2.39. The minimum absolute atomic E-state index is 0.132. The predicted octanol–water partition coefficient (Wildman–Crippen LogP) is 5.37. The highest BCUT2D eigenvalue weighted by Crippen LogP contribution is 2.44. The Hall–Kier alpha value is -3.69. The first kappa shape index (κ1) is 20.9. The molecule has 1 atom stereocenters. The molecule has 1 aliphatic heterocycles. The van der Waals surface area contributed by atoms with Crippen LogP contribution in [0.25, 0.3) is 33.3 Å². The fourth-order valence-electron chi connectivity index (χ4n) is 5.13. The molecule has 2 fully saturated rings. The van der Waals surface area contributed by atoms with Crippen LogP contribution in [0.4, 0.5) is 0 Å². The number of aromatic amines is 1. The van der Waals surface area contributed by atoms with Gasteiger partial charge in [0, 0.05) is 29.2 Å². The zero-order valence-electron chi connectivity index (χ0n) is 19.1. The van der Waals surface area contributed by atoms with Gasteiger partial charge in [-0.15, -0.1) is 0 Å². The van der Waals surface area contributed by atoms with Crippen molar-refractivity contribution in [2.75, 3.05) is 13.1 Å². The van der Waals surface area contributed by atoms with Crippen molar-refractivity contribution in [2.24, 2.45) is 0 Å². The number of nitrogens with zero attached hydrogens (tertiary/aromatic N) is 3. The fourth-order valence-corrected chi connectivity index (χ4v) is 5.13. The first-order valence-electron chi connectivity index (χ1n) is 12.1. The molecule has 1 unspecified atom stereocenters. The second kappa shape index (κ2) is 8.58. The number of benzene rings is 2. The van der Waals surface area contributed by atoms with Crippen LogP contribution in [-0.4, -0.2) is 34.1 Å². The second-order valence-corrected chi connectivity index (χ2v) is 9.42. The van der Waals surface area contributed by atoms with Gasteiger partial charge >= 0.3 is 0 Å². The van der Waals surface area contributed by atoms with Crippen molar-refractivity contribution >= 4 is 10.9 Å². The van der Waals surface area contributed by atoms with Crippen molar-refractivity contribution in [3.8, 4) is 34.3 Å². The van der Waals surface area contributed by atoms with E-state index < -0.39 is 0 Å². The van der Waals surface area contributed by atoms with Crippen molar-refractivity contribution in [1.29, 1.82) is 5.26 Å². The SMILES string of the molecule is N#CC1(c2cccc(-c3ccc4[nH]cc(-c5cncc(OC6CCCNC6)n5)c4c3)c2)CCC1. The summed E-state index contributed by atoms with van der Waals surface area (Å²) in [6, 6.07) is 17.4. The van der Waals surface area contributed by atoms with E-state index >= 15 is 0 Å². The number of ether oxygens (including phenoxy) is 1. The molecule has 0 spiro atoms. The first-order chi connectivity index (χ1) is 16.7. The monoisotopic (exact) mass is 449 g/mol. The van der Waals surface area contributed by atoms with Gasteiger partial charge in [-0.3, -0.25) is 4.98 Å². The number of fused-ring (bicyclic) bond motifs is 1. The number of rotatable bonds is 5. The quantitative estimate of drug-likeness (QED) is 0.428. The molecule has 34 heavy (non-hydrogen) atoms. The van der Waals surface area contributed by atoms with Crippen LogP contribution in [-0.2, 0) is 5.41 Å². The minimum Gasteiger partial charge on any atom is -0.472 e. The summed E-state index contributed by atoms with van der Waals surface area (Å²) in [5, 5.41) is 14.2. The van der Waals surface area contributed by atoms with E-state index in [4.69, 9.17) is 9.72 Å². The summed E-state index contributed by atoms with van der Waals surface area (Å²) in [6.45, 7) is 1.89. The maximum absolute atomic E-state index is 9.77. The van der Waals surface area contributed by atoms with Crippen LogP contribution in [0.15, 0.2) is 61.1 Å². The number of aromatic nitrogens is 3. The van der Waals surface area contributed by atoms with Gasteiger partial charge in [-0.25, -0.2) is 4.98 Å². The lowest BCUT2D eigenvalue weighted by atomic mass is 9.65. The molecule has 6 rings (SSSR count). The van der Waals surface area contributed by atoms with Gasteiger partial charge in [-0.2, -0.15) is 5.26 Å². The van der Waals surface area contributed by atoms with Crippen LogP contribution in [0, 0.1) is 11.3 Å². The summed E-state index contributed by atoms with van der Waals surface area (Å²) in [4.78, 5) is 12.5. The average molecular weight is 450 g/mol. The Morgan fingerprint density at radius 2 is 1.97 bits per heavy atom. The van der Waals surface area contributed by atoms with Gasteiger partial charge in [-0.05, 0) is 73.5 Å². The maximum atomic E-state index is 9.77. The zero-order chi connectivity index (χ0) is 23.0. The lowest BCUT2D eigenvalue weighted by Gasteiger charge is -2.35. The van der Waals surface area contributed by atoms with Crippen LogP contribution < -0.4 is 10.1 Å². The molecule has 2 aromatic heterocycles. The van der Waals surface area contributed by atoms with Gasteiger partial charge in [-0.1, -0.05) is 24.3 Å². The Morgan fingerprint density at radius 3 is 2.76 bits per heavy atom. The van der Waals surface area contributed by atoms with Crippen LogP contribution in [0.2, 0.25) is 0 Å². The van der Waals surface area contributed by atoms with Crippen molar-refractivity contribution < 1.29 is 4.74 Å². The number of hydrogen-bond acceptors (Lipinski definition) is 5. The molecule has 6 nitrogen and oxygen atoms in total. The lowest BCUT2D eigenvalue weighted by Crippen LogP contribution is -2.37. The van der Waals surface area contributed by atoms with E-state index in [-0.39, 0.29) is 11.5 Å². The third kappa shape index (κ3) is 3.72. The largest absolute Gasteiger partial charge is 0.472 e. The van der Waals surface area contributed by atoms with E-state index in [9.17, 15) is 5.26 Å². The van der Waals surface area contributed by atoms with Gasteiger partial charge in [0.2, 0.25) is 5.88 Å². The van der Waals surface area contributed by atoms with E-state index in [1.165, 1.54) is 0 Å². The van der Waals surface area contributed by atoms with E-state index in [2.05, 4.69) is 63.8 Å². The molecule has 2 N–H and O–H groups in total. The Balaban J connectivity index is 1.34. The van der Waals surface area contributed by atoms with Crippen molar-refractivity contribution in [2.45, 2.75) is 43.6 Å². The molecule has 2 aliphatic rings. The Bertz CT molecular complexity index is 1380. The summed E-state index contributed by atoms with van der Waals surface area (Å²) < 4.78 is 6.10. The van der Waals surface area contributed by atoms with E-state index in [1.54, 1.807) is 12.4 Å². The Kier molecular flexibility index (Phi) is 5.27. The summed E-state index contributed by atoms with van der Waals surface area (Å²) in [5.74, 6) is 0.562. The predicted molar refractivity (Wildman–Crippen MR) is 132 cm³/mol. The first-order valence-corrected chi connectivity index (χ1v) is 12.1. The molecule has 1 saturated carbocycles. The Morgan fingerprint density at radius 1 is 1.06 bits per heavy atom. The molecular weight excluding hydrogens is 422 g/mol. The molecule has 170 valence electrons. The highest BCUT2D eigenvalue weighted by molar-refractivity contribution is 5.97. The molecular formula is C28H27N5O. The topological polar surface area (TPSA) is 86.6 Å². The van der Waals surface area contributed by atoms with Gasteiger partial charge in [0.25, 0.3) is 0 Å². The number of nitrogens with one attached hydrogen (secondary N) is 2. The summed E-state index contributed by atoms with van der Waals surface area (Å²) in [5.41, 5.74) is 5.89. The van der Waals surface area contributed by atoms with Crippen LogP contribution in [0.5, 0.6) is 5.88 Å². The lowest BCUT2D eigenvalue weighted by molar-refractivity contribution is 0.160. The number of H-pyrrole nitrogens is 1. The number of nitriles is 1. The van der Waals surface area contributed by atoms with Crippen molar-refractivity contribution in [3.05, 3.63) is 66.6 Å². The van der Waals surface area contributed by atoms with Crippen LogP contribution >= 0.6 is 0 Å². The standard InChI is InChI=1S/C28H27N5O/c29-18-28(9-3-10-28)21-5-1-4-19(12-21)20-7-8-25-23(13-20)24(15-32-25)26-16-31-17-27(33-26)34-22-6-2-11-30-14-22/h1,4-5,7-8,12-13,15-17,22,30,32H,2-3,6,9-11,14H2. The minimum atomic E-state index is -0.316. The summed E-state index contributed by atoms with van der Waals surface area (Å²) in [7, 11) is 0. The van der Waals surface area contributed by atoms with Crippen LogP contribution in [0.3, 0.4) is 0 Å². The molecule has 4 aromatic rings. The number of hydrogen-bond donors (Lipinski definition) is 2. The smallest absolute Gasteiger partial charge is 0.233 e. The normalized spacial score (nSPS) is 19.3. The second-order valence-electron chi connectivity index (χ2n) is 9.42. The van der Waals surface area contributed by atoms with Gasteiger partial charge < -0.3 is 15.0 Å². The van der Waals surface area contributed by atoms with Gasteiger partial charge in [0.1, 0.15) is 6.10 Å². The Labute approximate surface area is 199 Å². The van der Waals surface area contributed by atoms with Gasteiger partial charge in [0.05, 0.1) is 29.6 Å². The molecule has 0 bridgehead atoms. The molecule has 0 amide bonds. The summed E-state index contributed by atoms with van der Waals surface area (Å²) >= 11 is 0. The molecule has 3 heterocycles. The zero-order valence-corrected chi connectivity index (χ0v) is 19.1. The summed E-state index contributed by atoms with van der Waals surface area (Å²) in [6.07, 6.45) is 10.8. The molecule has 6 heteroatoms. The maximum Gasteiger partial charge on any atom is 0.233 e. The van der Waals surface area contributed by atoms with Crippen molar-refractivity contribution in [3.63, 3.8) is 0 Å². The van der Waals surface area contributed by atoms with Gasteiger partial charge in [0.15, 0.2) is 0 Å². The van der Waals surface area contributed by atoms with E-state index in [1.807, 2.05) is 6.20 Å². The average Bonchev–Trinajstić information content (AvgIpc) is 3.28. The number of piperidine rings is 1. The van der Waals surface area contributed by atoms with Crippen molar-refractivity contribution in [1.82, 2.24) is 20.3 Å².